The van der Waals surface area contributed by atoms with Crippen LogP contribution in [-0.4, -0.2) is 0 Å². The van der Waals surface area contributed by atoms with E-state index in [4.69, 9.17) is 4.42 Å². The minimum absolute atomic E-state index is 0.347. The first-order valence-electron chi connectivity index (χ1n) is 5.40. The fourth-order valence-electron chi connectivity index (χ4n) is 2.18. The molecule has 1 aromatic heterocycles. The molecular formula is C14H8Br2O2. The molecule has 0 fully saturated rings. The number of aryl methyl sites for hydroxylation is 1. The molecule has 0 saturated carbocycles. The van der Waals surface area contributed by atoms with Crippen molar-refractivity contribution in [1.29, 1.82) is 0 Å². The molecule has 2 aliphatic carbocycles. The molecule has 0 N–H and O–H groups in total. The fourth-order valence-corrected chi connectivity index (χ4v) is 3.08. The maximum Gasteiger partial charge on any atom is 0.350 e. The normalized spacial score (nSPS) is 11.3. The van der Waals surface area contributed by atoms with Gasteiger partial charge in [-0.2, -0.15) is 0 Å². The average Bonchev–Trinajstić information content (AvgIpc) is 2.56. The Morgan fingerprint density at radius 3 is 2.39 bits per heavy atom. The van der Waals surface area contributed by atoms with Gasteiger partial charge in [-0.3, -0.25) is 0 Å². The van der Waals surface area contributed by atoms with Crippen molar-refractivity contribution in [2.45, 2.75) is 6.92 Å². The molecule has 1 aromatic rings. The zero-order chi connectivity index (χ0) is 12.9. The molecule has 0 radical (unpaired) electrons. The van der Waals surface area contributed by atoms with Crippen molar-refractivity contribution in [3.05, 3.63) is 55.3 Å². The van der Waals surface area contributed by atoms with Gasteiger partial charge >= 0.3 is 5.63 Å². The zero-order valence-corrected chi connectivity index (χ0v) is 12.6. The number of halogens is 2. The topological polar surface area (TPSA) is 30.2 Å². The summed E-state index contributed by atoms with van der Waals surface area (Å²) < 4.78 is 6.69. The highest BCUT2D eigenvalue weighted by Gasteiger charge is 2.21. The summed E-state index contributed by atoms with van der Waals surface area (Å²) >= 11 is 6.80. The van der Waals surface area contributed by atoms with Gasteiger partial charge in [-0.1, -0.05) is 30.3 Å². The van der Waals surface area contributed by atoms with Crippen molar-refractivity contribution >= 4 is 42.8 Å². The quantitative estimate of drug-likeness (QED) is 0.574. The van der Waals surface area contributed by atoms with Crippen LogP contribution in [-0.2, 0) is 0 Å². The Morgan fingerprint density at radius 1 is 1.00 bits per heavy atom. The molecule has 3 rings (SSSR count). The standard InChI is InChI=1S/C14H8Br2O2/c1-7-10-8-5-3-2-4-6-9(8)12(16)13(10)18-14(17)11(7)15/h2-6H,1H3. The van der Waals surface area contributed by atoms with Gasteiger partial charge in [0.2, 0.25) is 0 Å². The molecule has 0 saturated heterocycles. The molecule has 1 heterocycles. The van der Waals surface area contributed by atoms with Crippen molar-refractivity contribution < 1.29 is 4.42 Å². The molecule has 0 aliphatic heterocycles. The van der Waals surface area contributed by atoms with Gasteiger partial charge < -0.3 is 4.42 Å². The molecule has 18 heavy (non-hydrogen) atoms. The third-order valence-corrected chi connectivity index (χ3v) is 4.75. The lowest BCUT2D eigenvalue weighted by atomic mass is 10.1. The summed E-state index contributed by atoms with van der Waals surface area (Å²) in [7, 11) is 0. The van der Waals surface area contributed by atoms with E-state index in [0.29, 0.717) is 10.1 Å². The second kappa shape index (κ2) is 4.21. The van der Waals surface area contributed by atoms with Gasteiger partial charge in [-0.15, -0.1) is 0 Å². The molecule has 90 valence electrons. The maximum absolute atomic E-state index is 11.7. The Kier molecular flexibility index (Phi) is 2.79. The van der Waals surface area contributed by atoms with E-state index < -0.39 is 0 Å². The van der Waals surface area contributed by atoms with E-state index in [1.54, 1.807) is 0 Å². The Bertz CT molecular complexity index is 790. The van der Waals surface area contributed by atoms with Crippen molar-refractivity contribution in [3.63, 3.8) is 0 Å². The molecule has 0 unspecified atom stereocenters. The Balaban J connectivity index is 2.65. The van der Waals surface area contributed by atoms with Crippen LogP contribution in [0.2, 0.25) is 0 Å². The van der Waals surface area contributed by atoms with E-state index >= 15 is 0 Å². The van der Waals surface area contributed by atoms with E-state index in [1.165, 1.54) is 0 Å². The van der Waals surface area contributed by atoms with Crippen LogP contribution in [0.1, 0.15) is 5.56 Å². The van der Waals surface area contributed by atoms with E-state index in [1.807, 2.05) is 37.3 Å². The van der Waals surface area contributed by atoms with Crippen molar-refractivity contribution in [1.82, 2.24) is 0 Å². The second-order valence-corrected chi connectivity index (χ2v) is 5.67. The molecule has 0 amide bonds. The van der Waals surface area contributed by atoms with Crippen molar-refractivity contribution in [2.24, 2.45) is 0 Å². The minimum Gasteiger partial charge on any atom is -0.421 e. The van der Waals surface area contributed by atoms with Crippen LogP contribution in [0.4, 0.5) is 0 Å². The summed E-state index contributed by atoms with van der Waals surface area (Å²) in [6.07, 6.45) is 0. The summed E-state index contributed by atoms with van der Waals surface area (Å²) in [6.45, 7) is 1.92. The molecule has 2 nitrogen and oxygen atoms in total. The number of rotatable bonds is 0. The Labute approximate surface area is 120 Å². The van der Waals surface area contributed by atoms with Gasteiger partial charge in [0.15, 0.2) is 5.58 Å². The van der Waals surface area contributed by atoms with Gasteiger partial charge in [-0.05, 0) is 49.9 Å². The van der Waals surface area contributed by atoms with Crippen LogP contribution >= 0.6 is 31.9 Å². The molecule has 2 aliphatic rings. The monoisotopic (exact) mass is 366 g/mol. The molecule has 4 heteroatoms. The smallest absolute Gasteiger partial charge is 0.350 e. The third-order valence-electron chi connectivity index (χ3n) is 3.05. The highest BCUT2D eigenvalue weighted by atomic mass is 79.9. The summed E-state index contributed by atoms with van der Waals surface area (Å²) in [4.78, 5) is 11.7. The van der Waals surface area contributed by atoms with Gasteiger partial charge in [0.05, 0.1) is 4.47 Å². The van der Waals surface area contributed by atoms with Crippen LogP contribution in [0.3, 0.4) is 0 Å². The van der Waals surface area contributed by atoms with Crippen LogP contribution in [0.25, 0.3) is 22.1 Å². The lowest BCUT2D eigenvalue weighted by Crippen LogP contribution is -2.01. The summed E-state index contributed by atoms with van der Waals surface area (Å²) in [5.74, 6) is 0. The molecular weight excluding hydrogens is 360 g/mol. The summed E-state index contributed by atoms with van der Waals surface area (Å²) in [6, 6.07) is 9.96. The van der Waals surface area contributed by atoms with Gasteiger partial charge in [0.25, 0.3) is 0 Å². The Morgan fingerprint density at radius 2 is 1.67 bits per heavy atom. The number of hydrogen-bond acceptors (Lipinski definition) is 2. The third kappa shape index (κ3) is 1.56. The van der Waals surface area contributed by atoms with Crippen molar-refractivity contribution in [3.8, 4) is 11.1 Å². The zero-order valence-electron chi connectivity index (χ0n) is 9.46. The second-order valence-electron chi connectivity index (χ2n) is 4.08. The minimum atomic E-state index is -0.347. The summed E-state index contributed by atoms with van der Waals surface area (Å²) in [5, 5.41) is 0.972. The maximum atomic E-state index is 11.7. The van der Waals surface area contributed by atoms with Crippen LogP contribution < -0.4 is 5.63 Å². The largest absolute Gasteiger partial charge is 0.421 e. The summed E-state index contributed by atoms with van der Waals surface area (Å²) in [5.41, 5.74) is 3.29. The lowest BCUT2D eigenvalue weighted by molar-refractivity contribution is 0.555. The molecule has 0 bridgehead atoms. The fraction of sp³-hybridized carbons (Fsp3) is 0.0714. The average molecular weight is 368 g/mol. The first-order valence-corrected chi connectivity index (χ1v) is 6.99. The van der Waals surface area contributed by atoms with Crippen molar-refractivity contribution in [2.75, 3.05) is 0 Å². The van der Waals surface area contributed by atoms with E-state index in [2.05, 4.69) is 31.9 Å². The molecule has 0 aromatic carbocycles. The van der Waals surface area contributed by atoms with Crippen LogP contribution in [0.15, 0.2) is 48.5 Å². The van der Waals surface area contributed by atoms with Gasteiger partial charge in [0, 0.05) is 10.9 Å². The van der Waals surface area contributed by atoms with Gasteiger partial charge in [-0.25, -0.2) is 4.79 Å². The predicted molar refractivity (Wildman–Crippen MR) is 79.2 cm³/mol. The van der Waals surface area contributed by atoms with Crippen LogP contribution in [0.5, 0.6) is 0 Å². The highest BCUT2D eigenvalue weighted by molar-refractivity contribution is 9.11. The van der Waals surface area contributed by atoms with E-state index in [0.717, 1.165) is 26.5 Å². The number of fused-ring (bicyclic) bond motifs is 3. The van der Waals surface area contributed by atoms with Crippen LogP contribution in [0, 0.1) is 6.92 Å². The first-order chi connectivity index (χ1) is 8.61. The van der Waals surface area contributed by atoms with E-state index in [-0.39, 0.29) is 5.63 Å². The lowest BCUT2D eigenvalue weighted by Gasteiger charge is -2.00. The highest BCUT2D eigenvalue weighted by Crippen LogP contribution is 2.43. The predicted octanol–water partition coefficient (Wildman–Crippen LogP) is 4.73. The van der Waals surface area contributed by atoms with E-state index in [9.17, 15) is 4.79 Å². The number of hydrogen-bond donors (Lipinski definition) is 0. The molecule has 0 spiro atoms. The van der Waals surface area contributed by atoms with Gasteiger partial charge in [0.1, 0.15) is 4.47 Å². The molecule has 0 atom stereocenters. The Hall–Kier alpha value is -1.13. The SMILES string of the molecule is Cc1c(Br)c(=O)oc2c(Br)c3cccccc-3c12. The first kappa shape index (κ1) is 11.9.